The Balaban J connectivity index is 2.49. The molecule has 0 atom stereocenters. The fourth-order valence-electron chi connectivity index (χ4n) is 1.02. The molecule has 6 heteroatoms. The number of nitrogens with one attached hydrogen (secondary N) is 1. The van der Waals surface area contributed by atoms with E-state index < -0.39 is 11.0 Å². The van der Waals surface area contributed by atoms with Gasteiger partial charge in [-0.2, -0.15) is 0 Å². The Bertz CT molecular complexity index is 375. The molecule has 1 amide bonds. The largest absolute Gasteiger partial charge is 0.445 e. The van der Waals surface area contributed by atoms with Gasteiger partial charge in [-0.3, -0.25) is 10.1 Å². The number of nitrogens with zero attached hydrogens (tertiary/aromatic N) is 1. The van der Waals surface area contributed by atoms with Crippen LogP contribution in [0.5, 0.6) is 0 Å². The van der Waals surface area contributed by atoms with Crippen molar-refractivity contribution in [1.82, 2.24) is 5.32 Å². The smallest absolute Gasteiger partial charge is 0.407 e. The zero-order valence-corrected chi connectivity index (χ0v) is 8.67. The highest BCUT2D eigenvalue weighted by molar-refractivity contribution is 5.67. The van der Waals surface area contributed by atoms with E-state index in [0.29, 0.717) is 5.56 Å². The number of ether oxygens (including phenoxy) is 1. The summed E-state index contributed by atoms with van der Waals surface area (Å²) in [6, 6.07) is 5.81. The van der Waals surface area contributed by atoms with E-state index in [1.54, 1.807) is 19.1 Å². The number of nitro benzene ring substituents is 1. The van der Waals surface area contributed by atoms with Gasteiger partial charge < -0.3 is 10.1 Å². The maximum Gasteiger partial charge on any atom is 0.407 e. The van der Waals surface area contributed by atoms with Gasteiger partial charge in [-0.1, -0.05) is 0 Å². The highest BCUT2D eigenvalue weighted by atomic mass is 16.6. The number of alkyl carbamates (subject to hydrolysis) is 1. The number of carbonyl (C=O) groups is 1. The Morgan fingerprint density at radius 2 is 2.12 bits per heavy atom. The number of benzene rings is 1. The number of hydrogen-bond acceptors (Lipinski definition) is 4. The van der Waals surface area contributed by atoms with Crippen LogP contribution in [0, 0.1) is 16.7 Å². The average Bonchev–Trinajstić information content (AvgIpc) is 2.27. The standard InChI is InChI=1S/C10H11N2O4/c1-2-11-10(13)16-7-8-3-5-9(6-4-8)12(14)15/h2-6H,7H2,1H3,(H,11,13). The van der Waals surface area contributed by atoms with Gasteiger partial charge in [-0.05, 0) is 24.6 Å². The summed E-state index contributed by atoms with van der Waals surface area (Å²) in [7, 11) is 0. The molecule has 0 aliphatic carbocycles. The molecule has 85 valence electrons. The number of hydrogen-bond donors (Lipinski definition) is 1. The first-order chi connectivity index (χ1) is 7.63. The normalized spacial score (nSPS) is 9.56. The SMILES string of the molecule is C[CH]NC(=O)OCc1ccc([N+](=O)[O-])cc1. The third kappa shape index (κ3) is 3.56. The van der Waals surface area contributed by atoms with E-state index in [1.807, 2.05) is 0 Å². The van der Waals surface area contributed by atoms with Crippen LogP contribution in [0.15, 0.2) is 24.3 Å². The lowest BCUT2D eigenvalue weighted by molar-refractivity contribution is -0.384. The molecule has 0 aromatic heterocycles. The first-order valence-electron chi connectivity index (χ1n) is 4.58. The summed E-state index contributed by atoms with van der Waals surface area (Å²) in [5.74, 6) is 0. The van der Waals surface area contributed by atoms with Crippen LogP contribution >= 0.6 is 0 Å². The average molecular weight is 223 g/mol. The molecule has 0 aliphatic rings. The van der Waals surface area contributed by atoms with E-state index in [-0.39, 0.29) is 12.3 Å². The lowest BCUT2D eigenvalue weighted by Crippen LogP contribution is -2.20. The molecule has 0 saturated carbocycles. The van der Waals surface area contributed by atoms with Crippen LogP contribution in [-0.4, -0.2) is 11.0 Å². The van der Waals surface area contributed by atoms with Crippen molar-refractivity contribution in [2.45, 2.75) is 13.5 Å². The van der Waals surface area contributed by atoms with E-state index in [4.69, 9.17) is 4.74 Å². The van der Waals surface area contributed by atoms with E-state index in [1.165, 1.54) is 18.7 Å². The summed E-state index contributed by atoms with van der Waals surface area (Å²) in [6.45, 7) is 3.20. The van der Waals surface area contributed by atoms with Crippen LogP contribution in [-0.2, 0) is 11.3 Å². The third-order valence-electron chi connectivity index (χ3n) is 1.78. The van der Waals surface area contributed by atoms with Gasteiger partial charge in [-0.15, -0.1) is 0 Å². The molecule has 1 rings (SSSR count). The summed E-state index contributed by atoms with van der Waals surface area (Å²) < 4.78 is 4.82. The fraction of sp³-hybridized carbons (Fsp3) is 0.200. The first-order valence-corrected chi connectivity index (χ1v) is 4.58. The van der Waals surface area contributed by atoms with Crippen LogP contribution in [0.2, 0.25) is 0 Å². The van der Waals surface area contributed by atoms with Crippen LogP contribution in [0.3, 0.4) is 0 Å². The minimum absolute atomic E-state index is 0.00935. The molecule has 0 spiro atoms. The van der Waals surface area contributed by atoms with Crippen molar-refractivity contribution in [2.24, 2.45) is 0 Å². The zero-order chi connectivity index (χ0) is 12.0. The fourth-order valence-corrected chi connectivity index (χ4v) is 1.02. The maximum absolute atomic E-state index is 10.9. The molecule has 0 heterocycles. The molecular weight excluding hydrogens is 212 g/mol. The van der Waals surface area contributed by atoms with Crippen LogP contribution in [0.1, 0.15) is 12.5 Å². The molecule has 0 fully saturated rings. The first kappa shape index (κ1) is 12.0. The molecule has 1 aromatic carbocycles. The predicted molar refractivity (Wildman–Crippen MR) is 56.4 cm³/mol. The highest BCUT2D eigenvalue weighted by Gasteiger charge is 2.05. The number of nitro groups is 1. The van der Waals surface area contributed by atoms with Gasteiger partial charge in [0, 0.05) is 18.7 Å². The van der Waals surface area contributed by atoms with E-state index in [2.05, 4.69) is 5.32 Å². The van der Waals surface area contributed by atoms with Crippen molar-refractivity contribution >= 4 is 11.8 Å². The molecule has 0 unspecified atom stereocenters. The molecular formula is C10H11N2O4. The second-order valence-electron chi connectivity index (χ2n) is 2.93. The zero-order valence-electron chi connectivity index (χ0n) is 8.67. The van der Waals surface area contributed by atoms with Crippen molar-refractivity contribution in [3.8, 4) is 0 Å². The molecule has 0 bridgehead atoms. The Kier molecular flexibility index (Phi) is 4.26. The molecule has 6 nitrogen and oxygen atoms in total. The maximum atomic E-state index is 10.9. The minimum atomic E-state index is -0.555. The number of amides is 1. The second-order valence-corrected chi connectivity index (χ2v) is 2.93. The monoisotopic (exact) mass is 223 g/mol. The van der Waals surface area contributed by atoms with Crippen molar-refractivity contribution in [2.75, 3.05) is 0 Å². The molecule has 16 heavy (non-hydrogen) atoms. The van der Waals surface area contributed by atoms with Crippen LogP contribution in [0.25, 0.3) is 0 Å². The second kappa shape index (κ2) is 5.69. The molecule has 0 aliphatic heterocycles. The Hall–Kier alpha value is -2.11. The Labute approximate surface area is 92.4 Å². The van der Waals surface area contributed by atoms with Gasteiger partial charge >= 0.3 is 6.09 Å². The highest BCUT2D eigenvalue weighted by Crippen LogP contribution is 2.12. The van der Waals surface area contributed by atoms with Crippen LogP contribution < -0.4 is 5.32 Å². The summed E-state index contributed by atoms with van der Waals surface area (Å²) in [4.78, 5) is 20.8. The van der Waals surface area contributed by atoms with Gasteiger partial charge in [0.25, 0.3) is 5.69 Å². The van der Waals surface area contributed by atoms with Crippen molar-refractivity contribution in [1.29, 1.82) is 0 Å². The van der Waals surface area contributed by atoms with Gasteiger partial charge in [-0.25, -0.2) is 4.79 Å². The summed E-state index contributed by atoms with van der Waals surface area (Å²) in [6.07, 6.45) is -0.555. The summed E-state index contributed by atoms with van der Waals surface area (Å²) >= 11 is 0. The predicted octanol–water partition coefficient (Wildman–Crippen LogP) is 2.00. The van der Waals surface area contributed by atoms with E-state index in [9.17, 15) is 14.9 Å². The third-order valence-corrected chi connectivity index (χ3v) is 1.78. The molecule has 1 N–H and O–H groups in total. The summed E-state index contributed by atoms with van der Waals surface area (Å²) in [5, 5.41) is 12.7. The van der Waals surface area contributed by atoms with E-state index in [0.717, 1.165) is 0 Å². The number of rotatable bonds is 4. The molecule has 0 saturated heterocycles. The topological polar surface area (TPSA) is 81.5 Å². The van der Waals surface area contributed by atoms with Crippen molar-refractivity contribution in [3.05, 3.63) is 46.5 Å². The molecule has 1 radical (unpaired) electrons. The van der Waals surface area contributed by atoms with Gasteiger partial charge in [0.2, 0.25) is 0 Å². The van der Waals surface area contributed by atoms with E-state index >= 15 is 0 Å². The Morgan fingerprint density at radius 1 is 1.50 bits per heavy atom. The number of non-ortho nitro benzene ring substituents is 1. The van der Waals surface area contributed by atoms with Gasteiger partial charge in [0.05, 0.1) is 4.92 Å². The Morgan fingerprint density at radius 3 is 2.62 bits per heavy atom. The lowest BCUT2D eigenvalue weighted by atomic mass is 10.2. The molecule has 1 aromatic rings. The van der Waals surface area contributed by atoms with Crippen LogP contribution in [0.4, 0.5) is 10.5 Å². The lowest BCUT2D eigenvalue weighted by Gasteiger charge is -2.04. The number of carbonyl (C=O) groups excluding carboxylic acids is 1. The van der Waals surface area contributed by atoms with Crippen molar-refractivity contribution in [3.63, 3.8) is 0 Å². The van der Waals surface area contributed by atoms with Crippen molar-refractivity contribution < 1.29 is 14.5 Å². The van der Waals surface area contributed by atoms with Gasteiger partial charge in [0.1, 0.15) is 6.61 Å². The summed E-state index contributed by atoms with van der Waals surface area (Å²) in [5.41, 5.74) is 0.701. The minimum Gasteiger partial charge on any atom is -0.445 e. The van der Waals surface area contributed by atoms with Gasteiger partial charge in [0.15, 0.2) is 0 Å². The quantitative estimate of drug-likeness (QED) is 0.625.